The van der Waals surface area contributed by atoms with Gasteiger partial charge in [-0.05, 0) is 13.0 Å². The van der Waals surface area contributed by atoms with E-state index in [1.54, 1.807) is 0 Å². The zero-order valence-corrected chi connectivity index (χ0v) is 10.2. The topological polar surface area (TPSA) is 117 Å². The van der Waals surface area contributed by atoms with Crippen molar-refractivity contribution in [2.75, 3.05) is 12.3 Å². The molecule has 1 aromatic heterocycles. The number of nitro benzene ring substituents is 1. The van der Waals surface area contributed by atoms with E-state index in [9.17, 15) is 10.1 Å². The van der Waals surface area contributed by atoms with Crippen LogP contribution in [-0.2, 0) is 11.3 Å². The van der Waals surface area contributed by atoms with Gasteiger partial charge in [-0.2, -0.15) is 4.98 Å². The first-order chi connectivity index (χ1) is 9.11. The molecule has 0 aliphatic heterocycles. The van der Waals surface area contributed by atoms with Gasteiger partial charge in [0.05, 0.1) is 16.2 Å². The number of anilines is 1. The molecule has 0 amide bonds. The summed E-state index contributed by atoms with van der Waals surface area (Å²) in [6.07, 6.45) is 0. The summed E-state index contributed by atoms with van der Waals surface area (Å²) < 4.78 is 10.2. The van der Waals surface area contributed by atoms with E-state index < -0.39 is 4.92 Å². The smallest absolute Gasteiger partial charge is 0.271 e. The molecule has 0 bridgehead atoms. The van der Waals surface area contributed by atoms with E-state index in [0.29, 0.717) is 18.0 Å². The lowest BCUT2D eigenvalue weighted by molar-refractivity contribution is -0.384. The molecule has 1 aromatic carbocycles. The van der Waals surface area contributed by atoms with Crippen LogP contribution in [0.5, 0.6) is 0 Å². The third-order valence-corrected chi connectivity index (χ3v) is 2.38. The van der Waals surface area contributed by atoms with Gasteiger partial charge < -0.3 is 15.0 Å². The normalized spacial score (nSPS) is 10.6. The fourth-order valence-electron chi connectivity index (χ4n) is 1.47. The Kier molecular flexibility index (Phi) is 3.71. The highest BCUT2D eigenvalue weighted by Crippen LogP contribution is 2.28. The standard InChI is InChI=1S/C11H12N4O4/c1-2-18-6-10-13-11(19-14-10)8-4-3-7(15(16)17)5-9(8)12/h3-5H,2,6,12H2,1H3. The molecule has 0 saturated heterocycles. The average Bonchev–Trinajstić information content (AvgIpc) is 2.84. The molecule has 0 aliphatic carbocycles. The molecule has 0 saturated carbocycles. The monoisotopic (exact) mass is 264 g/mol. The Balaban J connectivity index is 2.26. The molecule has 19 heavy (non-hydrogen) atoms. The summed E-state index contributed by atoms with van der Waals surface area (Å²) in [6.45, 7) is 2.64. The number of aromatic nitrogens is 2. The fourth-order valence-corrected chi connectivity index (χ4v) is 1.47. The number of non-ortho nitro benzene ring substituents is 1. The van der Waals surface area contributed by atoms with Gasteiger partial charge in [0.2, 0.25) is 0 Å². The molecule has 0 unspecified atom stereocenters. The summed E-state index contributed by atoms with van der Waals surface area (Å²) in [4.78, 5) is 14.2. The Labute approximate surface area is 108 Å². The third-order valence-electron chi connectivity index (χ3n) is 2.38. The highest BCUT2D eigenvalue weighted by molar-refractivity contribution is 5.72. The van der Waals surface area contributed by atoms with E-state index in [0.717, 1.165) is 0 Å². The lowest BCUT2D eigenvalue weighted by Gasteiger charge is -1.99. The maximum atomic E-state index is 10.6. The van der Waals surface area contributed by atoms with Crippen LogP contribution < -0.4 is 5.73 Å². The Hall–Kier alpha value is -2.48. The van der Waals surface area contributed by atoms with Crippen molar-refractivity contribution in [2.45, 2.75) is 13.5 Å². The van der Waals surface area contributed by atoms with Gasteiger partial charge in [-0.25, -0.2) is 0 Å². The van der Waals surface area contributed by atoms with Gasteiger partial charge in [-0.15, -0.1) is 0 Å². The molecule has 0 fully saturated rings. The number of nitrogens with two attached hydrogens (primary N) is 1. The zero-order valence-electron chi connectivity index (χ0n) is 10.2. The number of nitro groups is 1. The number of ether oxygens (including phenoxy) is 1. The summed E-state index contributed by atoms with van der Waals surface area (Å²) in [5, 5.41) is 14.3. The predicted octanol–water partition coefficient (Wildman–Crippen LogP) is 1.76. The largest absolute Gasteiger partial charge is 0.398 e. The summed E-state index contributed by atoms with van der Waals surface area (Å²) in [5.41, 5.74) is 6.32. The lowest BCUT2D eigenvalue weighted by Crippen LogP contribution is -1.95. The minimum atomic E-state index is -0.519. The molecule has 8 nitrogen and oxygen atoms in total. The molecule has 2 aromatic rings. The molecular formula is C11H12N4O4. The van der Waals surface area contributed by atoms with Gasteiger partial charge in [-0.1, -0.05) is 5.16 Å². The van der Waals surface area contributed by atoms with Gasteiger partial charge >= 0.3 is 0 Å². The highest BCUT2D eigenvalue weighted by atomic mass is 16.6. The Morgan fingerprint density at radius 1 is 1.53 bits per heavy atom. The molecule has 0 aliphatic rings. The first kappa shape index (κ1) is 13.0. The number of hydrogen-bond acceptors (Lipinski definition) is 7. The summed E-state index contributed by atoms with van der Waals surface area (Å²) in [6, 6.07) is 4.06. The van der Waals surface area contributed by atoms with Crippen LogP contribution in [0.4, 0.5) is 11.4 Å². The van der Waals surface area contributed by atoms with Gasteiger partial charge in [0.15, 0.2) is 5.82 Å². The van der Waals surface area contributed by atoms with Gasteiger partial charge in [0, 0.05) is 18.7 Å². The molecular weight excluding hydrogens is 252 g/mol. The van der Waals surface area contributed by atoms with Crippen LogP contribution in [0.2, 0.25) is 0 Å². The molecule has 0 atom stereocenters. The SMILES string of the molecule is CCOCc1noc(-c2ccc([N+](=O)[O-])cc2N)n1. The van der Waals surface area contributed by atoms with E-state index in [4.69, 9.17) is 15.0 Å². The summed E-state index contributed by atoms with van der Waals surface area (Å²) in [7, 11) is 0. The van der Waals surface area contributed by atoms with Gasteiger partial charge in [0.1, 0.15) is 6.61 Å². The van der Waals surface area contributed by atoms with Crippen LogP contribution in [0.15, 0.2) is 22.7 Å². The minimum absolute atomic E-state index is 0.0877. The number of benzene rings is 1. The molecule has 8 heteroatoms. The van der Waals surface area contributed by atoms with Crippen molar-refractivity contribution in [3.05, 3.63) is 34.1 Å². The fraction of sp³-hybridized carbons (Fsp3) is 0.273. The van der Waals surface area contributed by atoms with Crippen LogP contribution in [0.3, 0.4) is 0 Å². The van der Waals surface area contributed by atoms with Crippen molar-refractivity contribution >= 4 is 11.4 Å². The number of nitrogens with zero attached hydrogens (tertiary/aromatic N) is 3. The van der Waals surface area contributed by atoms with Crippen molar-refractivity contribution in [1.29, 1.82) is 0 Å². The maximum Gasteiger partial charge on any atom is 0.271 e. The Morgan fingerprint density at radius 3 is 2.95 bits per heavy atom. The Bertz CT molecular complexity index is 596. The van der Waals surface area contributed by atoms with E-state index in [1.165, 1.54) is 18.2 Å². The molecule has 2 rings (SSSR count). The van der Waals surface area contributed by atoms with E-state index in [1.807, 2.05) is 6.92 Å². The van der Waals surface area contributed by atoms with Crippen molar-refractivity contribution in [2.24, 2.45) is 0 Å². The highest BCUT2D eigenvalue weighted by Gasteiger charge is 2.15. The predicted molar refractivity (Wildman–Crippen MR) is 66.1 cm³/mol. The number of rotatable bonds is 5. The molecule has 0 spiro atoms. The quantitative estimate of drug-likeness (QED) is 0.496. The van der Waals surface area contributed by atoms with Crippen LogP contribution in [0, 0.1) is 10.1 Å². The molecule has 100 valence electrons. The second-order valence-corrected chi connectivity index (χ2v) is 3.68. The second kappa shape index (κ2) is 5.44. The number of nitrogen functional groups attached to an aromatic ring is 1. The van der Waals surface area contributed by atoms with Gasteiger partial charge in [-0.3, -0.25) is 10.1 Å². The first-order valence-corrected chi connectivity index (χ1v) is 5.56. The van der Waals surface area contributed by atoms with Crippen molar-refractivity contribution in [3.8, 4) is 11.5 Å². The molecule has 2 N–H and O–H groups in total. The van der Waals surface area contributed by atoms with Gasteiger partial charge in [0.25, 0.3) is 11.6 Å². The van der Waals surface area contributed by atoms with Crippen molar-refractivity contribution < 1.29 is 14.2 Å². The first-order valence-electron chi connectivity index (χ1n) is 5.56. The van der Waals surface area contributed by atoms with E-state index in [-0.39, 0.29) is 23.9 Å². The van der Waals surface area contributed by atoms with Crippen molar-refractivity contribution in [3.63, 3.8) is 0 Å². The van der Waals surface area contributed by atoms with Crippen LogP contribution in [0.1, 0.15) is 12.7 Å². The molecule has 1 heterocycles. The zero-order chi connectivity index (χ0) is 13.8. The minimum Gasteiger partial charge on any atom is -0.398 e. The van der Waals surface area contributed by atoms with Crippen LogP contribution >= 0.6 is 0 Å². The average molecular weight is 264 g/mol. The number of hydrogen-bond donors (Lipinski definition) is 1. The lowest BCUT2D eigenvalue weighted by atomic mass is 10.1. The third kappa shape index (κ3) is 2.86. The van der Waals surface area contributed by atoms with Crippen molar-refractivity contribution in [1.82, 2.24) is 10.1 Å². The van der Waals surface area contributed by atoms with Crippen LogP contribution in [-0.4, -0.2) is 21.7 Å². The summed E-state index contributed by atoms with van der Waals surface area (Å²) in [5.74, 6) is 0.608. The Morgan fingerprint density at radius 2 is 2.32 bits per heavy atom. The van der Waals surface area contributed by atoms with E-state index >= 15 is 0 Å². The van der Waals surface area contributed by atoms with Crippen LogP contribution in [0.25, 0.3) is 11.5 Å². The van der Waals surface area contributed by atoms with E-state index in [2.05, 4.69) is 10.1 Å². The maximum absolute atomic E-state index is 10.6. The summed E-state index contributed by atoms with van der Waals surface area (Å²) >= 11 is 0. The molecule has 0 radical (unpaired) electrons. The second-order valence-electron chi connectivity index (χ2n) is 3.68.